The largest absolute Gasteiger partial charge is 0.343 e. The number of hydrogen-bond acceptors (Lipinski definition) is 8. The topological polar surface area (TPSA) is 202 Å². The van der Waals surface area contributed by atoms with Crippen LogP contribution in [0.15, 0.2) is 79.0 Å². The number of pyridine rings is 1. The van der Waals surface area contributed by atoms with Crippen LogP contribution in [0.25, 0.3) is 0 Å². The van der Waals surface area contributed by atoms with Gasteiger partial charge in [-0.2, -0.15) is 0 Å². The summed E-state index contributed by atoms with van der Waals surface area (Å²) < 4.78 is 0. The van der Waals surface area contributed by atoms with Crippen LogP contribution in [0.1, 0.15) is 75.6 Å². The fourth-order valence-electron chi connectivity index (χ4n) is 7.60. The van der Waals surface area contributed by atoms with Crippen LogP contribution in [0.2, 0.25) is 0 Å². The highest BCUT2D eigenvalue weighted by molar-refractivity contribution is 5.96. The minimum atomic E-state index is -1.01. The summed E-state index contributed by atoms with van der Waals surface area (Å²) in [5.74, 6) is -1.74. The van der Waals surface area contributed by atoms with Crippen molar-refractivity contribution in [2.24, 2.45) is 17.4 Å². The number of piperidine rings is 1. The van der Waals surface area contributed by atoms with E-state index in [0.717, 1.165) is 16.8 Å². The van der Waals surface area contributed by atoms with Crippen molar-refractivity contribution in [3.63, 3.8) is 0 Å². The zero-order valence-corrected chi connectivity index (χ0v) is 32.0. The van der Waals surface area contributed by atoms with Crippen molar-refractivity contribution in [2.45, 2.75) is 101 Å². The van der Waals surface area contributed by atoms with E-state index in [2.05, 4.69) is 26.3 Å². The Morgan fingerprint density at radius 2 is 1.40 bits per heavy atom. The van der Waals surface area contributed by atoms with E-state index in [1.165, 1.54) is 0 Å². The first-order chi connectivity index (χ1) is 26.5. The standard InChI is InChI=1S/C42H56N8O5/c1-28(2)24-34(49-40(54)35(26-30-14-7-4-8-15-30)48-38(52)31(44)25-29-12-5-3-6-13-29)39(53)47-33(16-9-10-20-43)41(55)50-22-18-42(19-23-50)27-36(51)46-32-17-11-21-45-37(32)42/h3-8,11-15,17,21,28,31,33-35H,9-10,16,18-20,22-27,43-44H2,1-2H3,(H,46,51)(H,47,53)(H,48,52)(H,49,54)/t31-,33-,34-,35-/m1/s1. The molecule has 13 nitrogen and oxygen atoms in total. The van der Waals surface area contributed by atoms with E-state index in [1.807, 2.05) is 80.6 Å². The van der Waals surface area contributed by atoms with Crippen molar-refractivity contribution in [2.75, 3.05) is 25.0 Å². The number of amides is 5. The lowest BCUT2D eigenvalue weighted by Gasteiger charge is -2.44. The van der Waals surface area contributed by atoms with Gasteiger partial charge in [0.1, 0.15) is 18.1 Å². The molecule has 2 aliphatic heterocycles. The Hall–Kier alpha value is -5.14. The summed E-state index contributed by atoms with van der Waals surface area (Å²) in [7, 11) is 0. The van der Waals surface area contributed by atoms with Crippen molar-refractivity contribution < 1.29 is 24.0 Å². The number of aromatic nitrogens is 1. The highest BCUT2D eigenvalue weighted by Crippen LogP contribution is 2.43. The second-order valence-electron chi connectivity index (χ2n) is 15.3. The maximum absolute atomic E-state index is 14.1. The molecule has 13 heteroatoms. The maximum atomic E-state index is 14.1. The normalized spacial score (nSPS) is 17.0. The highest BCUT2D eigenvalue weighted by atomic mass is 16.2. The SMILES string of the molecule is CC(C)C[C@@H](NC(=O)[C@@H](Cc1ccccc1)NC(=O)[C@H](N)Cc1ccccc1)C(=O)N[C@H](CCCCN)C(=O)N1CCC2(CC1)CC(=O)Nc1cccnc12. The Kier molecular flexibility index (Phi) is 14.5. The second kappa shape index (κ2) is 19.4. The zero-order valence-electron chi connectivity index (χ0n) is 32.0. The summed E-state index contributed by atoms with van der Waals surface area (Å²) in [6.45, 7) is 5.16. The first kappa shape index (κ1) is 41.0. The van der Waals surface area contributed by atoms with Gasteiger partial charge >= 0.3 is 0 Å². The number of benzene rings is 2. The van der Waals surface area contributed by atoms with E-state index in [0.29, 0.717) is 76.7 Å². The predicted molar refractivity (Wildman–Crippen MR) is 211 cm³/mol. The molecule has 1 saturated heterocycles. The molecular weight excluding hydrogens is 697 g/mol. The summed E-state index contributed by atoms with van der Waals surface area (Å²) in [6.07, 6.45) is 5.63. The lowest BCUT2D eigenvalue weighted by Crippen LogP contribution is -2.59. The number of unbranched alkanes of at least 4 members (excludes halogenated alkanes) is 1. The minimum absolute atomic E-state index is 0.0198. The molecule has 4 atom stereocenters. The highest BCUT2D eigenvalue weighted by Gasteiger charge is 2.45. The van der Waals surface area contributed by atoms with E-state index in [9.17, 15) is 24.0 Å². The van der Waals surface area contributed by atoms with E-state index in [4.69, 9.17) is 11.5 Å². The molecule has 3 heterocycles. The number of carbonyl (C=O) groups excluding carboxylic acids is 5. The van der Waals surface area contributed by atoms with Gasteiger partial charge in [0.05, 0.1) is 17.4 Å². The Labute approximate surface area is 323 Å². The number of nitrogens with two attached hydrogens (primary N) is 2. The van der Waals surface area contributed by atoms with Crippen LogP contribution in [0.3, 0.4) is 0 Å². The minimum Gasteiger partial charge on any atom is -0.343 e. The van der Waals surface area contributed by atoms with Crippen molar-refractivity contribution in [1.82, 2.24) is 25.8 Å². The molecule has 1 fully saturated rings. The molecule has 1 aromatic heterocycles. The second-order valence-corrected chi connectivity index (χ2v) is 15.3. The van der Waals surface area contributed by atoms with Gasteiger partial charge in [0.2, 0.25) is 29.5 Å². The summed E-state index contributed by atoms with van der Waals surface area (Å²) in [5, 5.41) is 11.7. The van der Waals surface area contributed by atoms with Crippen LogP contribution in [-0.4, -0.2) is 83.2 Å². The molecule has 0 saturated carbocycles. The maximum Gasteiger partial charge on any atom is 0.245 e. The van der Waals surface area contributed by atoms with Gasteiger partial charge in [0, 0.05) is 37.5 Å². The van der Waals surface area contributed by atoms with E-state index >= 15 is 0 Å². The lowest BCUT2D eigenvalue weighted by molar-refractivity contribution is -0.139. The molecule has 8 N–H and O–H groups in total. The third kappa shape index (κ3) is 11.2. The third-order valence-electron chi connectivity index (χ3n) is 10.6. The number of nitrogens with zero attached hydrogens (tertiary/aromatic N) is 2. The number of rotatable bonds is 17. The molecule has 0 bridgehead atoms. The van der Waals surface area contributed by atoms with Crippen molar-refractivity contribution in [3.8, 4) is 0 Å². The Morgan fingerprint density at radius 1 is 0.800 bits per heavy atom. The molecular formula is C42H56N8O5. The Bertz CT molecular complexity index is 1760. The summed E-state index contributed by atoms with van der Waals surface area (Å²) in [6, 6.07) is 18.7. The number of hydrogen-bond donors (Lipinski definition) is 6. The molecule has 0 aliphatic carbocycles. The summed E-state index contributed by atoms with van der Waals surface area (Å²) in [4.78, 5) is 74.6. The summed E-state index contributed by atoms with van der Waals surface area (Å²) in [5.41, 5.74) is 14.9. The van der Waals surface area contributed by atoms with Crippen LogP contribution in [0.4, 0.5) is 5.69 Å². The number of anilines is 1. The summed E-state index contributed by atoms with van der Waals surface area (Å²) >= 11 is 0. The number of carbonyl (C=O) groups is 5. The van der Waals surface area contributed by atoms with Crippen LogP contribution in [0.5, 0.6) is 0 Å². The quantitative estimate of drug-likeness (QED) is 0.113. The molecule has 0 unspecified atom stereocenters. The van der Waals surface area contributed by atoms with Crippen LogP contribution in [-0.2, 0) is 42.2 Å². The van der Waals surface area contributed by atoms with Gasteiger partial charge in [-0.25, -0.2) is 0 Å². The fraction of sp³-hybridized carbons (Fsp3) is 0.476. The van der Waals surface area contributed by atoms with Gasteiger partial charge in [-0.1, -0.05) is 74.5 Å². The van der Waals surface area contributed by atoms with Crippen molar-refractivity contribution >= 4 is 35.2 Å². The Balaban J connectivity index is 1.28. The lowest BCUT2D eigenvalue weighted by atomic mass is 9.70. The molecule has 294 valence electrons. The zero-order chi connectivity index (χ0) is 39.4. The van der Waals surface area contributed by atoms with Gasteiger partial charge in [-0.15, -0.1) is 0 Å². The van der Waals surface area contributed by atoms with E-state index in [1.54, 1.807) is 17.2 Å². The molecule has 0 radical (unpaired) electrons. The van der Waals surface area contributed by atoms with Crippen molar-refractivity contribution in [1.29, 1.82) is 0 Å². The van der Waals surface area contributed by atoms with Gasteiger partial charge < -0.3 is 37.6 Å². The first-order valence-electron chi connectivity index (χ1n) is 19.5. The van der Waals surface area contributed by atoms with Gasteiger partial charge in [0.15, 0.2) is 0 Å². The van der Waals surface area contributed by atoms with Gasteiger partial charge in [-0.05, 0) is 80.7 Å². The predicted octanol–water partition coefficient (Wildman–Crippen LogP) is 2.73. The van der Waals surface area contributed by atoms with Crippen LogP contribution < -0.4 is 32.7 Å². The smallest absolute Gasteiger partial charge is 0.245 e. The molecule has 1 spiro atoms. The first-order valence-corrected chi connectivity index (χ1v) is 19.5. The number of nitrogens with one attached hydrogen (secondary N) is 4. The molecule has 5 amide bonds. The van der Waals surface area contributed by atoms with Gasteiger partial charge in [0.25, 0.3) is 0 Å². The number of likely N-dealkylation sites (tertiary alicyclic amines) is 1. The molecule has 55 heavy (non-hydrogen) atoms. The molecule has 2 aromatic carbocycles. The monoisotopic (exact) mass is 752 g/mol. The average Bonchev–Trinajstić information content (AvgIpc) is 3.17. The molecule has 5 rings (SSSR count). The third-order valence-corrected chi connectivity index (χ3v) is 10.6. The number of fused-ring (bicyclic) bond motifs is 2. The fourth-order valence-corrected chi connectivity index (χ4v) is 7.60. The molecule has 3 aromatic rings. The molecule has 2 aliphatic rings. The van der Waals surface area contributed by atoms with E-state index in [-0.39, 0.29) is 24.2 Å². The van der Waals surface area contributed by atoms with Gasteiger partial charge in [-0.3, -0.25) is 29.0 Å². The average molecular weight is 753 g/mol. The van der Waals surface area contributed by atoms with Crippen molar-refractivity contribution in [3.05, 3.63) is 95.8 Å². The van der Waals surface area contributed by atoms with Crippen LogP contribution >= 0.6 is 0 Å². The van der Waals surface area contributed by atoms with E-state index < -0.39 is 47.3 Å². The van der Waals surface area contributed by atoms with Crippen LogP contribution in [0, 0.1) is 5.92 Å². The Morgan fingerprint density at radius 3 is 2.04 bits per heavy atom.